The second kappa shape index (κ2) is 6.84. The largest absolute Gasteiger partial charge is 0.490 e. The summed E-state index contributed by atoms with van der Waals surface area (Å²) >= 11 is 0. The highest BCUT2D eigenvalue weighted by Crippen LogP contribution is 2.29. The Balaban J connectivity index is 2.98. The fourth-order valence-corrected chi connectivity index (χ4v) is 1.46. The Hall–Kier alpha value is -1.77. The standard InChI is InChI=1S/C15H20O3/c1-5-17-15-10-13(7-6-12(4)16)8-9-14(15)18-11(2)3/h6-11H,5H2,1-4H3/b7-6+. The number of benzene rings is 1. The second-order valence-electron chi connectivity index (χ2n) is 4.25. The summed E-state index contributed by atoms with van der Waals surface area (Å²) in [4.78, 5) is 10.9. The molecule has 0 amide bonds. The van der Waals surface area contributed by atoms with Crippen molar-refractivity contribution < 1.29 is 14.3 Å². The van der Waals surface area contributed by atoms with Crippen LogP contribution in [0.4, 0.5) is 0 Å². The minimum Gasteiger partial charge on any atom is -0.490 e. The Bertz CT molecular complexity index is 433. The van der Waals surface area contributed by atoms with E-state index in [0.717, 1.165) is 11.3 Å². The molecule has 0 unspecified atom stereocenters. The van der Waals surface area contributed by atoms with Crippen LogP contribution in [0.1, 0.15) is 33.3 Å². The van der Waals surface area contributed by atoms with Crippen molar-refractivity contribution in [2.75, 3.05) is 6.61 Å². The maximum Gasteiger partial charge on any atom is 0.161 e. The zero-order chi connectivity index (χ0) is 13.5. The summed E-state index contributed by atoms with van der Waals surface area (Å²) in [6.45, 7) is 7.97. The first-order valence-electron chi connectivity index (χ1n) is 6.15. The average molecular weight is 248 g/mol. The lowest BCUT2D eigenvalue weighted by Crippen LogP contribution is -2.07. The third kappa shape index (κ3) is 4.62. The van der Waals surface area contributed by atoms with Gasteiger partial charge in [-0.05, 0) is 51.5 Å². The van der Waals surface area contributed by atoms with Gasteiger partial charge in [0.2, 0.25) is 0 Å². The summed E-state index contributed by atoms with van der Waals surface area (Å²) in [5.74, 6) is 1.46. The monoisotopic (exact) mass is 248 g/mol. The van der Waals surface area contributed by atoms with Gasteiger partial charge in [-0.15, -0.1) is 0 Å². The highest BCUT2D eigenvalue weighted by molar-refractivity contribution is 5.91. The lowest BCUT2D eigenvalue weighted by molar-refractivity contribution is -0.112. The van der Waals surface area contributed by atoms with Gasteiger partial charge < -0.3 is 9.47 Å². The van der Waals surface area contributed by atoms with Crippen molar-refractivity contribution in [3.8, 4) is 11.5 Å². The minimum atomic E-state index is 0.0236. The Morgan fingerprint density at radius 2 is 2.06 bits per heavy atom. The predicted molar refractivity (Wildman–Crippen MR) is 73.1 cm³/mol. The van der Waals surface area contributed by atoms with Gasteiger partial charge in [-0.1, -0.05) is 12.1 Å². The molecule has 0 aromatic heterocycles. The van der Waals surface area contributed by atoms with Crippen LogP contribution in [-0.2, 0) is 4.79 Å². The Labute approximate surface area is 108 Å². The van der Waals surface area contributed by atoms with Crippen molar-refractivity contribution in [3.05, 3.63) is 29.8 Å². The number of hydrogen-bond acceptors (Lipinski definition) is 3. The van der Waals surface area contributed by atoms with E-state index in [4.69, 9.17) is 9.47 Å². The second-order valence-corrected chi connectivity index (χ2v) is 4.25. The van der Waals surface area contributed by atoms with Crippen molar-refractivity contribution >= 4 is 11.9 Å². The first-order chi connectivity index (χ1) is 8.52. The van der Waals surface area contributed by atoms with Crippen molar-refractivity contribution in [2.24, 2.45) is 0 Å². The third-order valence-electron chi connectivity index (χ3n) is 2.14. The van der Waals surface area contributed by atoms with Crippen LogP contribution in [0.5, 0.6) is 11.5 Å². The smallest absolute Gasteiger partial charge is 0.161 e. The van der Waals surface area contributed by atoms with Gasteiger partial charge in [0.05, 0.1) is 12.7 Å². The van der Waals surface area contributed by atoms with Crippen molar-refractivity contribution in [2.45, 2.75) is 33.8 Å². The molecular formula is C15H20O3. The normalized spacial score (nSPS) is 10.9. The third-order valence-corrected chi connectivity index (χ3v) is 2.14. The van der Waals surface area contributed by atoms with Crippen LogP contribution >= 0.6 is 0 Å². The van der Waals surface area contributed by atoms with Gasteiger partial charge in [0.15, 0.2) is 17.3 Å². The molecule has 3 nitrogen and oxygen atoms in total. The van der Waals surface area contributed by atoms with Crippen LogP contribution in [0.25, 0.3) is 6.08 Å². The number of carbonyl (C=O) groups excluding carboxylic acids is 1. The van der Waals surface area contributed by atoms with Gasteiger partial charge in [-0.3, -0.25) is 4.79 Å². The quantitative estimate of drug-likeness (QED) is 0.723. The van der Waals surface area contributed by atoms with E-state index in [0.29, 0.717) is 12.4 Å². The molecule has 1 rings (SSSR count). The summed E-state index contributed by atoms with van der Waals surface area (Å²) in [5, 5.41) is 0. The molecule has 0 aliphatic rings. The van der Waals surface area contributed by atoms with Crippen LogP contribution in [0, 0.1) is 0 Å². The van der Waals surface area contributed by atoms with E-state index in [1.54, 1.807) is 6.08 Å². The van der Waals surface area contributed by atoms with Gasteiger partial charge in [0.25, 0.3) is 0 Å². The van der Waals surface area contributed by atoms with Crippen LogP contribution in [-0.4, -0.2) is 18.5 Å². The summed E-state index contributed by atoms with van der Waals surface area (Å²) in [7, 11) is 0. The first kappa shape index (κ1) is 14.3. The van der Waals surface area contributed by atoms with E-state index in [1.807, 2.05) is 39.0 Å². The highest BCUT2D eigenvalue weighted by Gasteiger charge is 2.07. The molecule has 1 aromatic rings. The van der Waals surface area contributed by atoms with Gasteiger partial charge in [-0.25, -0.2) is 0 Å². The molecule has 0 radical (unpaired) electrons. The SMILES string of the molecule is CCOc1cc(/C=C/C(C)=O)ccc1OC(C)C. The van der Waals surface area contributed by atoms with E-state index in [1.165, 1.54) is 13.0 Å². The molecule has 0 spiro atoms. The molecule has 0 bridgehead atoms. The van der Waals surface area contributed by atoms with Crippen molar-refractivity contribution in [3.63, 3.8) is 0 Å². The molecule has 1 aromatic carbocycles. The molecule has 0 saturated heterocycles. The lowest BCUT2D eigenvalue weighted by Gasteiger charge is -2.14. The van der Waals surface area contributed by atoms with Gasteiger partial charge in [0, 0.05) is 0 Å². The lowest BCUT2D eigenvalue weighted by atomic mass is 10.1. The molecule has 0 N–H and O–H groups in total. The van der Waals surface area contributed by atoms with Crippen molar-refractivity contribution in [1.29, 1.82) is 0 Å². The molecule has 0 aliphatic carbocycles. The zero-order valence-electron chi connectivity index (χ0n) is 11.4. The van der Waals surface area contributed by atoms with Crippen LogP contribution in [0.2, 0.25) is 0 Å². The van der Waals surface area contributed by atoms with Gasteiger partial charge in [-0.2, -0.15) is 0 Å². The van der Waals surface area contributed by atoms with E-state index in [-0.39, 0.29) is 11.9 Å². The summed E-state index contributed by atoms with van der Waals surface area (Å²) in [6.07, 6.45) is 3.40. The number of ketones is 1. The molecule has 18 heavy (non-hydrogen) atoms. The molecule has 98 valence electrons. The Morgan fingerprint density at radius 1 is 1.33 bits per heavy atom. The van der Waals surface area contributed by atoms with E-state index in [2.05, 4.69) is 0 Å². The number of hydrogen-bond donors (Lipinski definition) is 0. The Kier molecular flexibility index (Phi) is 5.43. The molecule has 3 heteroatoms. The number of allylic oxidation sites excluding steroid dienone is 1. The number of ether oxygens (including phenoxy) is 2. The fourth-order valence-electron chi connectivity index (χ4n) is 1.46. The topological polar surface area (TPSA) is 35.5 Å². The molecule has 0 atom stereocenters. The van der Waals surface area contributed by atoms with E-state index < -0.39 is 0 Å². The minimum absolute atomic E-state index is 0.0236. The predicted octanol–water partition coefficient (Wildman–Crippen LogP) is 3.47. The molecule has 0 heterocycles. The van der Waals surface area contributed by atoms with Gasteiger partial charge >= 0.3 is 0 Å². The Morgan fingerprint density at radius 3 is 2.61 bits per heavy atom. The van der Waals surface area contributed by atoms with Gasteiger partial charge in [0.1, 0.15) is 0 Å². The van der Waals surface area contributed by atoms with Crippen LogP contribution in [0.3, 0.4) is 0 Å². The first-order valence-corrected chi connectivity index (χ1v) is 6.15. The van der Waals surface area contributed by atoms with Crippen LogP contribution < -0.4 is 9.47 Å². The van der Waals surface area contributed by atoms with Crippen molar-refractivity contribution in [1.82, 2.24) is 0 Å². The van der Waals surface area contributed by atoms with E-state index >= 15 is 0 Å². The molecule has 0 aliphatic heterocycles. The molecule has 0 fully saturated rings. The maximum atomic E-state index is 10.9. The molecular weight excluding hydrogens is 228 g/mol. The van der Waals surface area contributed by atoms with Crippen LogP contribution in [0.15, 0.2) is 24.3 Å². The highest BCUT2D eigenvalue weighted by atomic mass is 16.5. The fraction of sp³-hybridized carbons (Fsp3) is 0.400. The summed E-state index contributed by atoms with van der Waals surface area (Å²) < 4.78 is 11.2. The van der Waals surface area contributed by atoms with E-state index in [9.17, 15) is 4.79 Å². The zero-order valence-corrected chi connectivity index (χ0v) is 11.4. The number of carbonyl (C=O) groups is 1. The molecule has 0 saturated carbocycles. The number of rotatable bonds is 6. The maximum absolute atomic E-state index is 10.9. The average Bonchev–Trinajstić information content (AvgIpc) is 2.29. The summed E-state index contributed by atoms with van der Waals surface area (Å²) in [5.41, 5.74) is 0.921. The summed E-state index contributed by atoms with van der Waals surface area (Å²) in [6, 6.07) is 5.64.